The molecule has 0 fully saturated rings. The van der Waals surface area contributed by atoms with Gasteiger partial charge in [0, 0.05) is 13.1 Å². The standard InChI is InChI=1S/C17H23N3O3/c1-17(2,3)23-16(21)20-9-14-7-5-4-6-13(14)8-18-10-15-11-19-12-22-15/h4-7,11-12,18H,8-10H2,1-3H3,(H,20,21). The number of hydrogen-bond donors (Lipinski definition) is 2. The second-order valence-corrected chi connectivity index (χ2v) is 6.20. The highest BCUT2D eigenvalue weighted by molar-refractivity contribution is 5.67. The number of rotatable bonds is 6. The zero-order valence-electron chi connectivity index (χ0n) is 13.8. The number of nitrogens with one attached hydrogen (secondary N) is 2. The molecule has 1 aromatic carbocycles. The molecule has 0 aliphatic heterocycles. The Morgan fingerprint density at radius 1 is 1.17 bits per heavy atom. The van der Waals surface area contributed by atoms with Crippen LogP contribution in [-0.2, 0) is 24.4 Å². The van der Waals surface area contributed by atoms with Gasteiger partial charge in [0.05, 0.1) is 12.7 Å². The smallest absolute Gasteiger partial charge is 0.407 e. The van der Waals surface area contributed by atoms with Gasteiger partial charge >= 0.3 is 6.09 Å². The second-order valence-electron chi connectivity index (χ2n) is 6.20. The number of ether oxygens (including phenoxy) is 1. The Hall–Kier alpha value is -2.34. The third-order valence-corrected chi connectivity index (χ3v) is 3.04. The molecule has 2 aromatic rings. The van der Waals surface area contributed by atoms with E-state index in [9.17, 15) is 4.79 Å². The molecule has 0 bridgehead atoms. The quantitative estimate of drug-likeness (QED) is 0.856. The molecule has 0 spiro atoms. The van der Waals surface area contributed by atoms with Gasteiger partial charge in [-0.05, 0) is 31.9 Å². The minimum absolute atomic E-state index is 0.415. The second kappa shape index (κ2) is 7.78. The number of oxazole rings is 1. The number of alkyl carbamates (subject to hydrolysis) is 1. The van der Waals surface area contributed by atoms with Crippen LogP contribution in [0.4, 0.5) is 4.79 Å². The average Bonchev–Trinajstić information content (AvgIpc) is 2.98. The summed E-state index contributed by atoms with van der Waals surface area (Å²) in [6.07, 6.45) is 2.68. The molecule has 2 N–H and O–H groups in total. The topological polar surface area (TPSA) is 76.4 Å². The Morgan fingerprint density at radius 2 is 1.87 bits per heavy atom. The first-order valence-corrected chi connectivity index (χ1v) is 7.56. The third-order valence-electron chi connectivity index (χ3n) is 3.04. The van der Waals surface area contributed by atoms with Crippen LogP contribution in [0.3, 0.4) is 0 Å². The monoisotopic (exact) mass is 317 g/mol. The molecule has 0 atom stereocenters. The van der Waals surface area contributed by atoms with Crippen LogP contribution in [0.5, 0.6) is 0 Å². The first-order valence-electron chi connectivity index (χ1n) is 7.56. The molecule has 23 heavy (non-hydrogen) atoms. The van der Waals surface area contributed by atoms with Crippen LogP contribution < -0.4 is 10.6 Å². The fourth-order valence-electron chi connectivity index (χ4n) is 2.03. The molecule has 1 aromatic heterocycles. The molecular weight excluding hydrogens is 294 g/mol. The fourth-order valence-corrected chi connectivity index (χ4v) is 2.03. The summed E-state index contributed by atoms with van der Waals surface area (Å²) in [6.45, 7) is 7.23. The Labute approximate surface area is 136 Å². The summed E-state index contributed by atoms with van der Waals surface area (Å²) in [4.78, 5) is 15.6. The van der Waals surface area contributed by atoms with E-state index < -0.39 is 11.7 Å². The maximum atomic E-state index is 11.7. The zero-order valence-corrected chi connectivity index (χ0v) is 13.8. The first kappa shape index (κ1) is 17.0. The predicted octanol–water partition coefficient (Wildman–Crippen LogP) is 2.99. The van der Waals surface area contributed by atoms with Crippen LogP contribution in [0, 0.1) is 0 Å². The number of hydrogen-bond acceptors (Lipinski definition) is 5. The van der Waals surface area contributed by atoms with E-state index in [1.165, 1.54) is 6.39 Å². The molecule has 1 amide bonds. The number of carbonyl (C=O) groups excluding carboxylic acids is 1. The van der Waals surface area contributed by atoms with E-state index in [0.29, 0.717) is 19.6 Å². The Morgan fingerprint density at radius 3 is 2.48 bits per heavy atom. The molecule has 0 unspecified atom stereocenters. The van der Waals surface area contributed by atoms with Gasteiger partial charge in [0.15, 0.2) is 6.39 Å². The van der Waals surface area contributed by atoms with Gasteiger partial charge in [0.25, 0.3) is 0 Å². The van der Waals surface area contributed by atoms with Crippen LogP contribution in [0.25, 0.3) is 0 Å². The summed E-state index contributed by atoms with van der Waals surface area (Å²) in [6, 6.07) is 7.94. The van der Waals surface area contributed by atoms with Crippen molar-refractivity contribution >= 4 is 6.09 Å². The largest absolute Gasteiger partial charge is 0.447 e. The van der Waals surface area contributed by atoms with Gasteiger partial charge in [-0.1, -0.05) is 24.3 Å². The molecule has 6 nitrogen and oxygen atoms in total. The van der Waals surface area contributed by atoms with E-state index >= 15 is 0 Å². The fraction of sp³-hybridized carbons (Fsp3) is 0.412. The van der Waals surface area contributed by atoms with Crippen molar-refractivity contribution in [2.45, 2.75) is 46.0 Å². The molecule has 1 heterocycles. The maximum Gasteiger partial charge on any atom is 0.407 e. The van der Waals surface area contributed by atoms with Crippen LogP contribution in [0.2, 0.25) is 0 Å². The summed E-state index contributed by atoms with van der Waals surface area (Å²) in [7, 11) is 0. The first-order chi connectivity index (χ1) is 10.9. The highest BCUT2D eigenvalue weighted by Gasteiger charge is 2.16. The minimum atomic E-state index is -0.498. The van der Waals surface area contributed by atoms with E-state index in [-0.39, 0.29) is 0 Å². The summed E-state index contributed by atoms with van der Waals surface area (Å²) in [5.74, 6) is 0.786. The molecule has 0 radical (unpaired) electrons. The van der Waals surface area contributed by atoms with Crippen molar-refractivity contribution in [1.82, 2.24) is 15.6 Å². The van der Waals surface area contributed by atoms with E-state index in [2.05, 4.69) is 15.6 Å². The Kier molecular flexibility index (Phi) is 5.76. The SMILES string of the molecule is CC(C)(C)OC(=O)NCc1ccccc1CNCc1cnco1. The number of carbonyl (C=O) groups is 1. The molecule has 0 saturated heterocycles. The maximum absolute atomic E-state index is 11.7. The number of aromatic nitrogens is 1. The van der Waals surface area contributed by atoms with Crippen molar-refractivity contribution in [3.05, 3.63) is 53.7 Å². The molecule has 0 aliphatic rings. The average molecular weight is 317 g/mol. The number of amides is 1. The zero-order chi connectivity index (χ0) is 16.7. The lowest BCUT2D eigenvalue weighted by molar-refractivity contribution is 0.0523. The van der Waals surface area contributed by atoms with Gasteiger partial charge in [0.1, 0.15) is 11.4 Å². The van der Waals surface area contributed by atoms with Crippen molar-refractivity contribution in [2.24, 2.45) is 0 Å². The summed E-state index contributed by atoms with van der Waals surface area (Å²) < 4.78 is 10.4. The summed E-state index contributed by atoms with van der Waals surface area (Å²) >= 11 is 0. The highest BCUT2D eigenvalue weighted by Crippen LogP contribution is 2.10. The van der Waals surface area contributed by atoms with E-state index in [1.807, 2.05) is 45.0 Å². The van der Waals surface area contributed by atoms with Crippen molar-refractivity contribution in [2.75, 3.05) is 0 Å². The molecule has 0 aliphatic carbocycles. The number of benzene rings is 1. The van der Waals surface area contributed by atoms with Crippen molar-refractivity contribution in [1.29, 1.82) is 0 Å². The lowest BCUT2D eigenvalue weighted by Gasteiger charge is -2.20. The molecule has 6 heteroatoms. The van der Waals surface area contributed by atoms with Gasteiger partial charge in [-0.2, -0.15) is 0 Å². The van der Waals surface area contributed by atoms with Gasteiger partial charge in [-0.15, -0.1) is 0 Å². The summed E-state index contributed by atoms with van der Waals surface area (Å²) in [5.41, 5.74) is 1.66. The normalized spacial score (nSPS) is 11.3. The van der Waals surface area contributed by atoms with Crippen molar-refractivity contribution in [3.63, 3.8) is 0 Å². The number of nitrogens with zero attached hydrogens (tertiary/aromatic N) is 1. The van der Waals surface area contributed by atoms with Gasteiger partial charge in [0.2, 0.25) is 0 Å². The lowest BCUT2D eigenvalue weighted by atomic mass is 10.1. The van der Waals surface area contributed by atoms with Crippen LogP contribution in [-0.4, -0.2) is 16.7 Å². The lowest BCUT2D eigenvalue weighted by Crippen LogP contribution is -2.32. The minimum Gasteiger partial charge on any atom is -0.447 e. The van der Waals surface area contributed by atoms with E-state index in [4.69, 9.17) is 9.15 Å². The van der Waals surface area contributed by atoms with E-state index in [1.54, 1.807) is 6.20 Å². The van der Waals surface area contributed by atoms with Crippen LogP contribution >= 0.6 is 0 Å². The molecule has 2 rings (SSSR count). The van der Waals surface area contributed by atoms with Crippen LogP contribution in [0.1, 0.15) is 37.7 Å². The predicted molar refractivity (Wildman–Crippen MR) is 86.6 cm³/mol. The van der Waals surface area contributed by atoms with Crippen molar-refractivity contribution in [3.8, 4) is 0 Å². The van der Waals surface area contributed by atoms with Gasteiger partial charge in [-0.25, -0.2) is 9.78 Å². The molecular formula is C17H23N3O3. The molecule has 124 valence electrons. The highest BCUT2D eigenvalue weighted by atomic mass is 16.6. The van der Waals surface area contributed by atoms with Crippen molar-refractivity contribution < 1.29 is 13.9 Å². The Bertz CT molecular complexity index is 618. The third kappa shape index (κ3) is 6.12. The van der Waals surface area contributed by atoms with Gasteiger partial charge in [-0.3, -0.25) is 0 Å². The molecule has 0 saturated carbocycles. The van der Waals surface area contributed by atoms with E-state index in [0.717, 1.165) is 16.9 Å². The Balaban J connectivity index is 1.85. The van der Waals surface area contributed by atoms with Gasteiger partial charge < -0.3 is 19.8 Å². The van der Waals surface area contributed by atoms with Crippen LogP contribution in [0.15, 0.2) is 41.3 Å². The summed E-state index contributed by atoms with van der Waals surface area (Å²) in [5, 5.41) is 6.08.